The van der Waals surface area contributed by atoms with Crippen LogP contribution in [0.4, 0.5) is 0 Å². The fourth-order valence-electron chi connectivity index (χ4n) is 1.77. The average Bonchev–Trinajstić information content (AvgIpc) is 2.20. The molecule has 0 saturated heterocycles. The van der Waals surface area contributed by atoms with Crippen LogP contribution in [0.25, 0.3) is 0 Å². The molecule has 1 nitrogen and oxygen atoms in total. The van der Waals surface area contributed by atoms with Crippen LogP contribution in [0.3, 0.4) is 0 Å². The maximum absolute atomic E-state index is 10.2. The van der Waals surface area contributed by atoms with Gasteiger partial charge < -0.3 is 4.79 Å². The zero-order chi connectivity index (χ0) is 10.6. The van der Waals surface area contributed by atoms with Crippen molar-refractivity contribution in [1.29, 1.82) is 0 Å². The molecule has 0 bridgehead atoms. The second kappa shape index (κ2) is 10.7. The molecule has 0 amide bonds. The molecule has 0 aliphatic carbocycles. The van der Waals surface area contributed by atoms with Gasteiger partial charge in [-0.05, 0) is 12.3 Å². The van der Waals surface area contributed by atoms with Gasteiger partial charge in [-0.15, -0.1) is 0 Å². The topological polar surface area (TPSA) is 17.1 Å². The third kappa shape index (κ3) is 9.76. The number of aldehydes is 1. The second-order valence-corrected chi connectivity index (χ2v) is 4.41. The van der Waals surface area contributed by atoms with Gasteiger partial charge in [0, 0.05) is 6.42 Å². The van der Waals surface area contributed by atoms with Gasteiger partial charge in [0.15, 0.2) is 0 Å². The van der Waals surface area contributed by atoms with E-state index in [1.165, 1.54) is 44.9 Å². The smallest absolute Gasteiger partial charge is 0.120 e. The molecule has 0 aromatic rings. The highest BCUT2D eigenvalue weighted by molar-refractivity contribution is 5.49. The number of carbonyl (C=O) groups is 1. The minimum Gasteiger partial charge on any atom is -0.303 e. The van der Waals surface area contributed by atoms with E-state index in [9.17, 15) is 4.79 Å². The van der Waals surface area contributed by atoms with Crippen molar-refractivity contribution in [2.24, 2.45) is 5.92 Å². The molecule has 1 atom stereocenters. The van der Waals surface area contributed by atoms with Crippen molar-refractivity contribution in [3.05, 3.63) is 0 Å². The monoisotopic (exact) mass is 198 g/mol. The van der Waals surface area contributed by atoms with Crippen LogP contribution >= 0.6 is 0 Å². The number of rotatable bonds is 10. The SMILES string of the molecule is CCCCCCCCC(C)CCC=O. The van der Waals surface area contributed by atoms with E-state index in [1.807, 2.05) is 0 Å². The number of hydrogen-bond acceptors (Lipinski definition) is 1. The van der Waals surface area contributed by atoms with E-state index in [4.69, 9.17) is 0 Å². The first-order valence-electron chi connectivity index (χ1n) is 6.24. The lowest BCUT2D eigenvalue weighted by Crippen LogP contribution is -1.95. The fraction of sp³-hybridized carbons (Fsp3) is 0.923. The minimum atomic E-state index is 0.742. The second-order valence-electron chi connectivity index (χ2n) is 4.41. The van der Waals surface area contributed by atoms with E-state index >= 15 is 0 Å². The van der Waals surface area contributed by atoms with Crippen LogP contribution in [0, 0.1) is 5.92 Å². The summed E-state index contributed by atoms with van der Waals surface area (Å²) in [5.74, 6) is 0.742. The lowest BCUT2D eigenvalue weighted by atomic mass is 9.98. The molecule has 0 aromatic heterocycles. The predicted molar refractivity (Wildman–Crippen MR) is 62.5 cm³/mol. The molecule has 0 radical (unpaired) electrons. The number of hydrogen-bond donors (Lipinski definition) is 0. The van der Waals surface area contributed by atoms with Crippen molar-refractivity contribution in [2.75, 3.05) is 0 Å². The first-order chi connectivity index (χ1) is 6.81. The standard InChI is InChI=1S/C13H26O/c1-3-4-5-6-7-8-10-13(2)11-9-12-14/h12-13H,3-11H2,1-2H3. The third-order valence-electron chi connectivity index (χ3n) is 2.83. The Bertz CT molecular complexity index is 120. The van der Waals surface area contributed by atoms with E-state index in [-0.39, 0.29) is 0 Å². The highest BCUT2D eigenvalue weighted by Gasteiger charge is 2.00. The van der Waals surface area contributed by atoms with Crippen LogP contribution in [0.1, 0.15) is 71.6 Å². The largest absolute Gasteiger partial charge is 0.303 e. The van der Waals surface area contributed by atoms with Crippen LogP contribution in [-0.2, 0) is 4.79 Å². The Morgan fingerprint density at radius 2 is 1.64 bits per heavy atom. The molecule has 0 heterocycles. The number of carbonyl (C=O) groups excluding carboxylic acids is 1. The molecule has 1 heteroatoms. The first kappa shape index (κ1) is 13.7. The predicted octanol–water partition coefficient (Wildman–Crippen LogP) is 4.35. The zero-order valence-corrected chi connectivity index (χ0v) is 9.93. The molecule has 1 unspecified atom stereocenters. The molecular weight excluding hydrogens is 172 g/mol. The van der Waals surface area contributed by atoms with Crippen LogP contribution < -0.4 is 0 Å². The fourth-order valence-corrected chi connectivity index (χ4v) is 1.77. The normalized spacial score (nSPS) is 12.7. The summed E-state index contributed by atoms with van der Waals surface area (Å²) in [6.07, 6.45) is 12.4. The molecule has 84 valence electrons. The summed E-state index contributed by atoms with van der Waals surface area (Å²) in [5.41, 5.74) is 0. The van der Waals surface area contributed by atoms with Crippen molar-refractivity contribution in [2.45, 2.75) is 71.6 Å². The summed E-state index contributed by atoms with van der Waals surface area (Å²) in [6.45, 7) is 4.51. The molecular formula is C13H26O. The van der Waals surface area contributed by atoms with Gasteiger partial charge in [-0.25, -0.2) is 0 Å². The van der Waals surface area contributed by atoms with Crippen LogP contribution in [0.15, 0.2) is 0 Å². The quantitative estimate of drug-likeness (QED) is 0.377. The molecule has 0 saturated carbocycles. The third-order valence-corrected chi connectivity index (χ3v) is 2.83. The molecule has 0 N–H and O–H groups in total. The lowest BCUT2D eigenvalue weighted by Gasteiger charge is -2.08. The van der Waals surface area contributed by atoms with Crippen molar-refractivity contribution in [1.82, 2.24) is 0 Å². The highest BCUT2D eigenvalue weighted by Crippen LogP contribution is 2.15. The summed E-state index contributed by atoms with van der Waals surface area (Å²) < 4.78 is 0. The Morgan fingerprint density at radius 1 is 1.00 bits per heavy atom. The summed E-state index contributed by atoms with van der Waals surface area (Å²) in [6, 6.07) is 0. The first-order valence-corrected chi connectivity index (χ1v) is 6.24. The van der Waals surface area contributed by atoms with Gasteiger partial charge in [0.05, 0.1) is 0 Å². The van der Waals surface area contributed by atoms with E-state index in [0.29, 0.717) is 0 Å². The van der Waals surface area contributed by atoms with Crippen molar-refractivity contribution in [3.8, 4) is 0 Å². The van der Waals surface area contributed by atoms with Gasteiger partial charge >= 0.3 is 0 Å². The van der Waals surface area contributed by atoms with Gasteiger partial charge in [0.2, 0.25) is 0 Å². The molecule has 0 fully saturated rings. The molecule has 0 aromatic carbocycles. The maximum Gasteiger partial charge on any atom is 0.120 e. The van der Waals surface area contributed by atoms with E-state index in [2.05, 4.69) is 13.8 Å². The van der Waals surface area contributed by atoms with Gasteiger partial charge in [-0.1, -0.05) is 58.8 Å². The Balaban J connectivity index is 3.06. The zero-order valence-electron chi connectivity index (χ0n) is 9.93. The van der Waals surface area contributed by atoms with Gasteiger partial charge in [0.25, 0.3) is 0 Å². The molecule has 0 spiro atoms. The minimum absolute atomic E-state index is 0.742. The van der Waals surface area contributed by atoms with E-state index < -0.39 is 0 Å². The Labute approximate surface area is 89.3 Å². The van der Waals surface area contributed by atoms with Gasteiger partial charge in [0.1, 0.15) is 6.29 Å². The molecule has 14 heavy (non-hydrogen) atoms. The highest BCUT2D eigenvalue weighted by atomic mass is 16.1. The van der Waals surface area contributed by atoms with Crippen LogP contribution in [-0.4, -0.2) is 6.29 Å². The Kier molecular flexibility index (Phi) is 10.5. The van der Waals surface area contributed by atoms with Crippen molar-refractivity contribution >= 4 is 6.29 Å². The summed E-state index contributed by atoms with van der Waals surface area (Å²) in [7, 11) is 0. The Morgan fingerprint density at radius 3 is 2.29 bits per heavy atom. The van der Waals surface area contributed by atoms with E-state index in [1.54, 1.807) is 0 Å². The maximum atomic E-state index is 10.2. The summed E-state index contributed by atoms with van der Waals surface area (Å²) in [5, 5.41) is 0. The van der Waals surface area contributed by atoms with Crippen molar-refractivity contribution in [3.63, 3.8) is 0 Å². The van der Waals surface area contributed by atoms with E-state index in [0.717, 1.165) is 25.0 Å². The molecule has 0 aliphatic rings. The molecule has 0 rings (SSSR count). The average molecular weight is 198 g/mol. The van der Waals surface area contributed by atoms with Gasteiger partial charge in [-0.2, -0.15) is 0 Å². The Hall–Kier alpha value is -0.330. The van der Waals surface area contributed by atoms with Crippen molar-refractivity contribution < 1.29 is 4.79 Å². The van der Waals surface area contributed by atoms with Crippen LogP contribution in [0.2, 0.25) is 0 Å². The van der Waals surface area contributed by atoms with Crippen LogP contribution in [0.5, 0.6) is 0 Å². The van der Waals surface area contributed by atoms with Gasteiger partial charge in [-0.3, -0.25) is 0 Å². The number of unbranched alkanes of at least 4 members (excludes halogenated alkanes) is 5. The lowest BCUT2D eigenvalue weighted by molar-refractivity contribution is -0.108. The summed E-state index contributed by atoms with van der Waals surface area (Å²) in [4.78, 5) is 10.2. The summed E-state index contributed by atoms with van der Waals surface area (Å²) >= 11 is 0. The molecule has 0 aliphatic heterocycles.